The Labute approximate surface area is 98.0 Å². The van der Waals surface area contributed by atoms with Gasteiger partial charge in [0.2, 0.25) is 0 Å². The van der Waals surface area contributed by atoms with Crippen LogP contribution in [-0.4, -0.2) is 38.1 Å². The van der Waals surface area contributed by atoms with Crippen molar-refractivity contribution < 1.29 is 14.3 Å². The molecule has 0 aliphatic heterocycles. The second kappa shape index (κ2) is 4.98. The fraction of sp³-hybridized carbons (Fsp3) is 0.400. The van der Waals surface area contributed by atoms with Crippen LogP contribution in [0.15, 0.2) is 5.38 Å². The second-order valence-corrected chi connectivity index (χ2v) is 4.32. The molecule has 0 spiro atoms. The summed E-state index contributed by atoms with van der Waals surface area (Å²) >= 11 is 1.25. The minimum absolute atomic E-state index is 0.272. The number of methoxy groups -OCH3 is 1. The maximum Gasteiger partial charge on any atom is 0.350 e. The summed E-state index contributed by atoms with van der Waals surface area (Å²) in [7, 11) is 4.58. The Bertz CT molecular complexity index is 412. The number of hydrogen-bond donors (Lipinski definition) is 1. The summed E-state index contributed by atoms with van der Waals surface area (Å²) < 4.78 is 4.64. The zero-order valence-corrected chi connectivity index (χ0v) is 10.5. The van der Waals surface area contributed by atoms with Gasteiger partial charge in [0.15, 0.2) is 0 Å². The molecule has 0 atom stereocenters. The molecule has 1 aromatic rings. The number of aryl methyl sites for hydroxylation is 1. The zero-order chi connectivity index (χ0) is 12.3. The molecule has 2 amide bonds. The number of ether oxygens (including phenoxy) is 1. The fourth-order valence-corrected chi connectivity index (χ4v) is 1.98. The number of carbonyl (C=O) groups excluding carboxylic acids is 2. The van der Waals surface area contributed by atoms with Gasteiger partial charge in [-0.1, -0.05) is 0 Å². The van der Waals surface area contributed by atoms with E-state index in [0.29, 0.717) is 10.6 Å². The number of nitrogens with zero attached hydrogens (tertiary/aromatic N) is 1. The molecule has 0 unspecified atom stereocenters. The molecular weight excluding hydrogens is 228 g/mol. The van der Waals surface area contributed by atoms with Crippen LogP contribution in [0, 0.1) is 6.92 Å². The highest BCUT2D eigenvalue weighted by molar-refractivity contribution is 7.12. The first kappa shape index (κ1) is 12.5. The van der Waals surface area contributed by atoms with Gasteiger partial charge in [0.05, 0.1) is 12.8 Å². The number of esters is 1. The van der Waals surface area contributed by atoms with Crippen LogP contribution in [0.3, 0.4) is 0 Å². The second-order valence-electron chi connectivity index (χ2n) is 3.44. The maximum atomic E-state index is 11.5. The summed E-state index contributed by atoms with van der Waals surface area (Å²) in [5.41, 5.74) is 1.37. The van der Waals surface area contributed by atoms with Gasteiger partial charge in [0.25, 0.3) is 0 Å². The molecule has 5 nitrogen and oxygen atoms in total. The van der Waals surface area contributed by atoms with E-state index >= 15 is 0 Å². The first-order valence-corrected chi connectivity index (χ1v) is 5.50. The van der Waals surface area contributed by atoms with Crippen LogP contribution in [-0.2, 0) is 4.74 Å². The van der Waals surface area contributed by atoms with Crippen molar-refractivity contribution in [3.8, 4) is 0 Å². The van der Waals surface area contributed by atoms with Gasteiger partial charge in [-0.2, -0.15) is 0 Å². The quantitative estimate of drug-likeness (QED) is 0.806. The summed E-state index contributed by atoms with van der Waals surface area (Å²) in [6.07, 6.45) is 0. The number of urea groups is 1. The fourth-order valence-electron chi connectivity index (χ4n) is 1.06. The summed E-state index contributed by atoms with van der Waals surface area (Å²) in [6, 6.07) is -0.272. The van der Waals surface area contributed by atoms with Gasteiger partial charge in [-0.15, -0.1) is 11.3 Å². The van der Waals surface area contributed by atoms with Gasteiger partial charge < -0.3 is 15.0 Å². The van der Waals surface area contributed by atoms with E-state index in [9.17, 15) is 9.59 Å². The number of thiophene rings is 1. The molecule has 0 radical (unpaired) electrons. The maximum absolute atomic E-state index is 11.5. The highest BCUT2D eigenvalue weighted by Gasteiger charge is 2.18. The van der Waals surface area contributed by atoms with E-state index in [-0.39, 0.29) is 6.03 Å². The summed E-state index contributed by atoms with van der Waals surface area (Å²) in [6.45, 7) is 1.83. The van der Waals surface area contributed by atoms with Crippen LogP contribution >= 0.6 is 11.3 Å². The Morgan fingerprint density at radius 1 is 1.44 bits per heavy atom. The van der Waals surface area contributed by atoms with Crippen molar-refractivity contribution >= 4 is 29.0 Å². The van der Waals surface area contributed by atoms with Crippen molar-refractivity contribution in [2.45, 2.75) is 6.92 Å². The Kier molecular flexibility index (Phi) is 3.89. The average Bonchev–Trinajstić information content (AvgIpc) is 2.59. The number of rotatable bonds is 2. The Morgan fingerprint density at radius 3 is 2.56 bits per heavy atom. The molecule has 1 heterocycles. The SMILES string of the molecule is COC(=O)c1scc(C)c1NC(=O)N(C)C. The van der Waals surface area contributed by atoms with E-state index in [4.69, 9.17) is 0 Å². The van der Waals surface area contributed by atoms with Gasteiger partial charge >= 0.3 is 12.0 Å². The lowest BCUT2D eigenvalue weighted by Gasteiger charge is -2.12. The molecular formula is C10H14N2O3S. The Morgan fingerprint density at radius 2 is 2.06 bits per heavy atom. The predicted molar refractivity (Wildman–Crippen MR) is 63.1 cm³/mol. The molecule has 0 aliphatic rings. The van der Waals surface area contributed by atoms with Crippen molar-refractivity contribution in [3.63, 3.8) is 0 Å². The third-order valence-electron chi connectivity index (χ3n) is 1.98. The van der Waals surface area contributed by atoms with E-state index in [0.717, 1.165) is 5.56 Å². The van der Waals surface area contributed by atoms with Crippen LogP contribution in [0.1, 0.15) is 15.2 Å². The Hall–Kier alpha value is -1.56. The Balaban J connectivity index is 2.98. The molecule has 0 saturated carbocycles. The number of anilines is 1. The first-order valence-electron chi connectivity index (χ1n) is 4.62. The molecule has 6 heteroatoms. The topological polar surface area (TPSA) is 58.6 Å². The highest BCUT2D eigenvalue weighted by atomic mass is 32.1. The van der Waals surface area contributed by atoms with Crippen LogP contribution < -0.4 is 5.32 Å². The van der Waals surface area contributed by atoms with Gasteiger partial charge in [-0.05, 0) is 17.9 Å². The molecule has 0 fully saturated rings. The average molecular weight is 242 g/mol. The van der Waals surface area contributed by atoms with Crippen LogP contribution in [0.2, 0.25) is 0 Å². The summed E-state index contributed by atoms with van der Waals surface area (Å²) in [5.74, 6) is -0.438. The summed E-state index contributed by atoms with van der Waals surface area (Å²) in [5, 5.41) is 4.47. The largest absolute Gasteiger partial charge is 0.465 e. The lowest BCUT2D eigenvalue weighted by molar-refractivity contribution is 0.0607. The zero-order valence-electron chi connectivity index (χ0n) is 9.66. The van der Waals surface area contributed by atoms with Gasteiger partial charge in [-0.3, -0.25) is 0 Å². The number of nitrogens with one attached hydrogen (secondary N) is 1. The highest BCUT2D eigenvalue weighted by Crippen LogP contribution is 2.28. The first-order chi connectivity index (χ1) is 7.47. The monoisotopic (exact) mass is 242 g/mol. The van der Waals surface area contributed by atoms with Crippen LogP contribution in [0.25, 0.3) is 0 Å². The molecule has 0 bridgehead atoms. The normalized spacial score (nSPS) is 9.75. The van der Waals surface area contributed by atoms with E-state index in [1.165, 1.54) is 23.3 Å². The number of amides is 2. The summed E-state index contributed by atoms with van der Waals surface area (Å²) in [4.78, 5) is 24.7. The standard InChI is InChI=1S/C10H14N2O3S/c1-6-5-16-8(9(13)15-4)7(6)11-10(14)12(2)3/h5H,1-4H3,(H,11,14). The van der Waals surface area contributed by atoms with Gasteiger partial charge in [0, 0.05) is 14.1 Å². The molecule has 16 heavy (non-hydrogen) atoms. The van der Waals surface area contributed by atoms with Crippen LogP contribution in [0.5, 0.6) is 0 Å². The van der Waals surface area contributed by atoms with Crippen molar-refractivity contribution in [1.29, 1.82) is 0 Å². The van der Waals surface area contributed by atoms with Crippen LogP contribution in [0.4, 0.5) is 10.5 Å². The van der Waals surface area contributed by atoms with Crippen molar-refractivity contribution in [2.24, 2.45) is 0 Å². The molecule has 0 aromatic carbocycles. The molecule has 1 rings (SSSR count). The van der Waals surface area contributed by atoms with Crippen molar-refractivity contribution in [2.75, 3.05) is 26.5 Å². The predicted octanol–water partition coefficient (Wildman–Crippen LogP) is 1.94. The lowest BCUT2D eigenvalue weighted by atomic mass is 10.2. The van der Waals surface area contributed by atoms with E-state index in [2.05, 4.69) is 10.1 Å². The molecule has 0 saturated heterocycles. The lowest BCUT2D eigenvalue weighted by Crippen LogP contribution is -2.28. The van der Waals surface area contributed by atoms with Crippen molar-refractivity contribution in [3.05, 3.63) is 15.8 Å². The van der Waals surface area contributed by atoms with E-state index in [1.807, 2.05) is 6.92 Å². The molecule has 1 N–H and O–H groups in total. The minimum Gasteiger partial charge on any atom is -0.465 e. The molecule has 0 aliphatic carbocycles. The number of carbonyl (C=O) groups is 2. The van der Waals surface area contributed by atoms with Gasteiger partial charge in [0.1, 0.15) is 4.88 Å². The van der Waals surface area contributed by atoms with E-state index in [1.54, 1.807) is 19.5 Å². The minimum atomic E-state index is -0.438. The number of hydrogen-bond acceptors (Lipinski definition) is 4. The third-order valence-corrected chi connectivity index (χ3v) is 3.06. The third kappa shape index (κ3) is 2.52. The van der Waals surface area contributed by atoms with Crippen molar-refractivity contribution in [1.82, 2.24) is 4.90 Å². The molecule has 88 valence electrons. The van der Waals surface area contributed by atoms with Gasteiger partial charge in [-0.25, -0.2) is 9.59 Å². The molecule has 1 aromatic heterocycles. The smallest absolute Gasteiger partial charge is 0.350 e. The van der Waals surface area contributed by atoms with E-state index < -0.39 is 5.97 Å².